The molecule has 1 aliphatic heterocycles. The molecule has 1 aromatic rings. The molecular weight excluding hydrogens is 350 g/mol. The Morgan fingerprint density at radius 3 is 2.58 bits per heavy atom. The molecule has 24 heavy (non-hydrogen) atoms. The highest BCUT2D eigenvalue weighted by Gasteiger charge is 2.33. The van der Waals surface area contributed by atoms with Crippen LogP contribution in [0.3, 0.4) is 0 Å². The van der Waals surface area contributed by atoms with Gasteiger partial charge >= 0.3 is 0 Å². The predicted octanol–water partition coefficient (Wildman–Crippen LogP) is 1.58. The molecule has 1 aromatic carbocycles. The fraction of sp³-hybridized carbons (Fsp3) is 0.562. The quantitative estimate of drug-likeness (QED) is 0.790. The van der Waals surface area contributed by atoms with E-state index >= 15 is 0 Å². The van der Waals surface area contributed by atoms with Crippen LogP contribution in [-0.2, 0) is 14.8 Å². The molecule has 1 saturated heterocycles. The number of nitriles is 1. The van der Waals surface area contributed by atoms with Gasteiger partial charge in [0, 0.05) is 19.1 Å². The summed E-state index contributed by atoms with van der Waals surface area (Å²) in [6.07, 6.45) is 1.74. The minimum Gasteiger partial charge on any atom is -0.384 e. The third-order valence-corrected chi connectivity index (χ3v) is 5.91. The van der Waals surface area contributed by atoms with Gasteiger partial charge in [0.15, 0.2) is 0 Å². The zero-order chi connectivity index (χ0) is 16.9. The fourth-order valence-corrected chi connectivity index (χ4v) is 4.36. The topological polar surface area (TPSA) is 91.2 Å². The van der Waals surface area contributed by atoms with Gasteiger partial charge in [-0.05, 0) is 56.6 Å². The van der Waals surface area contributed by atoms with E-state index in [1.54, 1.807) is 20.1 Å². The van der Waals surface area contributed by atoms with Crippen molar-refractivity contribution in [3.63, 3.8) is 0 Å². The second-order valence-corrected chi connectivity index (χ2v) is 7.84. The van der Waals surface area contributed by atoms with Crippen LogP contribution in [-0.4, -0.2) is 41.8 Å². The molecular formula is C16H24ClN3O3S. The summed E-state index contributed by atoms with van der Waals surface area (Å²) in [5.74, 6) is 0. The molecule has 0 aliphatic carbocycles. The SMILES string of the molecule is COCC1(CNS(=O)(=O)c2ccc(C#N)cc2C)CCNCC1.Cl. The summed E-state index contributed by atoms with van der Waals surface area (Å²) >= 11 is 0. The number of rotatable bonds is 6. The third kappa shape index (κ3) is 4.91. The van der Waals surface area contributed by atoms with Crippen LogP contribution >= 0.6 is 12.4 Å². The number of piperidine rings is 1. The molecule has 0 radical (unpaired) electrons. The normalized spacial score (nSPS) is 16.9. The van der Waals surface area contributed by atoms with E-state index < -0.39 is 10.0 Å². The van der Waals surface area contributed by atoms with Crippen molar-refractivity contribution in [3.05, 3.63) is 29.3 Å². The van der Waals surface area contributed by atoms with Gasteiger partial charge in [-0.2, -0.15) is 5.26 Å². The van der Waals surface area contributed by atoms with Crippen molar-refractivity contribution in [2.75, 3.05) is 33.4 Å². The molecule has 134 valence electrons. The lowest BCUT2D eigenvalue weighted by molar-refractivity contribution is 0.0577. The number of halogens is 1. The molecule has 0 atom stereocenters. The van der Waals surface area contributed by atoms with E-state index in [9.17, 15) is 8.42 Å². The minimum absolute atomic E-state index is 0. The van der Waals surface area contributed by atoms with E-state index in [0.29, 0.717) is 24.3 Å². The van der Waals surface area contributed by atoms with Crippen LogP contribution in [0.5, 0.6) is 0 Å². The zero-order valence-electron chi connectivity index (χ0n) is 14.0. The van der Waals surface area contributed by atoms with Gasteiger partial charge in [-0.25, -0.2) is 13.1 Å². The van der Waals surface area contributed by atoms with Crippen molar-refractivity contribution in [1.29, 1.82) is 5.26 Å². The molecule has 0 saturated carbocycles. The van der Waals surface area contributed by atoms with Crippen molar-refractivity contribution >= 4 is 22.4 Å². The van der Waals surface area contributed by atoms with E-state index in [1.807, 2.05) is 6.07 Å². The van der Waals surface area contributed by atoms with E-state index in [2.05, 4.69) is 10.0 Å². The van der Waals surface area contributed by atoms with Gasteiger partial charge in [0.25, 0.3) is 0 Å². The minimum atomic E-state index is -3.61. The van der Waals surface area contributed by atoms with Crippen molar-refractivity contribution in [2.24, 2.45) is 5.41 Å². The Hall–Kier alpha value is -1.17. The lowest BCUT2D eigenvalue weighted by atomic mass is 9.80. The maximum absolute atomic E-state index is 12.6. The van der Waals surface area contributed by atoms with Gasteiger partial charge in [-0.3, -0.25) is 0 Å². The molecule has 1 heterocycles. The molecule has 0 unspecified atom stereocenters. The first kappa shape index (κ1) is 20.9. The Morgan fingerprint density at radius 1 is 1.38 bits per heavy atom. The second kappa shape index (κ2) is 8.79. The van der Waals surface area contributed by atoms with Gasteiger partial charge in [-0.1, -0.05) is 0 Å². The first-order chi connectivity index (χ1) is 10.9. The maximum Gasteiger partial charge on any atom is 0.240 e. The Balaban J connectivity index is 0.00000288. The average molecular weight is 374 g/mol. The van der Waals surface area contributed by atoms with Crippen LogP contribution in [0.4, 0.5) is 0 Å². The number of hydrogen-bond acceptors (Lipinski definition) is 5. The third-order valence-electron chi connectivity index (χ3n) is 4.35. The van der Waals surface area contributed by atoms with E-state index in [4.69, 9.17) is 10.00 Å². The lowest BCUT2D eigenvalue weighted by Gasteiger charge is -2.37. The van der Waals surface area contributed by atoms with E-state index in [-0.39, 0.29) is 22.7 Å². The zero-order valence-corrected chi connectivity index (χ0v) is 15.6. The molecule has 8 heteroatoms. The van der Waals surface area contributed by atoms with Crippen LogP contribution in [0, 0.1) is 23.7 Å². The monoisotopic (exact) mass is 373 g/mol. The number of sulfonamides is 1. The summed E-state index contributed by atoms with van der Waals surface area (Å²) < 4.78 is 33.2. The number of nitrogens with one attached hydrogen (secondary N) is 2. The standard InChI is InChI=1S/C16H23N3O3S.ClH/c1-13-9-14(10-17)3-4-15(13)23(20,21)19-11-16(12-22-2)5-7-18-8-6-16;/h3-4,9,18-19H,5-8,11-12H2,1-2H3;1H. The highest BCUT2D eigenvalue weighted by Crippen LogP contribution is 2.29. The average Bonchev–Trinajstić information content (AvgIpc) is 2.54. The molecule has 0 bridgehead atoms. The van der Waals surface area contributed by atoms with Crippen molar-refractivity contribution in [2.45, 2.75) is 24.7 Å². The van der Waals surface area contributed by atoms with Gasteiger partial charge in [0.05, 0.1) is 23.1 Å². The Labute approximate surface area is 150 Å². The summed E-state index contributed by atoms with van der Waals surface area (Å²) in [6.45, 7) is 4.31. The molecule has 2 rings (SSSR count). The lowest BCUT2D eigenvalue weighted by Crippen LogP contribution is -2.47. The van der Waals surface area contributed by atoms with Crippen LogP contribution in [0.1, 0.15) is 24.0 Å². The highest BCUT2D eigenvalue weighted by molar-refractivity contribution is 7.89. The fourth-order valence-electron chi connectivity index (χ4n) is 2.98. The van der Waals surface area contributed by atoms with Crippen LogP contribution < -0.4 is 10.0 Å². The van der Waals surface area contributed by atoms with Crippen molar-refractivity contribution in [3.8, 4) is 6.07 Å². The van der Waals surface area contributed by atoms with Gasteiger partial charge in [0.2, 0.25) is 10.0 Å². The molecule has 0 aromatic heterocycles. The van der Waals surface area contributed by atoms with Crippen molar-refractivity contribution < 1.29 is 13.2 Å². The molecule has 0 amide bonds. The first-order valence-corrected chi connectivity index (χ1v) is 9.11. The first-order valence-electron chi connectivity index (χ1n) is 7.63. The summed E-state index contributed by atoms with van der Waals surface area (Å²) in [5.41, 5.74) is 0.853. The molecule has 1 fully saturated rings. The molecule has 6 nitrogen and oxygen atoms in total. The van der Waals surface area contributed by atoms with Crippen LogP contribution in [0.25, 0.3) is 0 Å². The smallest absolute Gasteiger partial charge is 0.240 e. The number of ether oxygens (including phenoxy) is 1. The van der Waals surface area contributed by atoms with Gasteiger partial charge in [0.1, 0.15) is 0 Å². The number of hydrogen-bond donors (Lipinski definition) is 2. The Kier molecular flexibility index (Phi) is 7.64. The Morgan fingerprint density at radius 2 is 2.04 bits per heavy atom. The second-order valence-electron chi connectivity index (χ2n) is 6.10. The summed E-state index contributed by atoms with van der Waals surface area (Å²) in [4.78, 5) is 0.220. The van der Waals surface area contributed by atoms with E-state index in [1.165, 1.54) is 12.1 Å². The molecule has 0 spiro atoms. The maximum atomic E-state index is 12.6. The summed E-state index contributed by atoms with van der Waals surface area (Å²) in [7, 11) is -1.97. The number of methoxy groups -OCH3 is 1. The van der Waals surface area contributed by atoms with Crippen molar-refractivity contribution in [1.82, 2.24) is 10.0 Å². The van der Waals surface area contributed by atoms with Crippen LogP contribution in [0.2, 0.25) is 0 Å². The highest BCUT2D eigenvalue weighted by atomic mass is 35.5. The molecule has 1 aliphatic rings. The van der Waals surface area contributed by atoms with Gasteiger partial charge < -0.3 is 10.1 Å². The van der Waals surface area contributed by atoms with Crippen LogP contribution in [0.15, 0.2) is 23.1 Å². The predicted molar refractivity (Wildman–Crippen MR) is 94.7 cm³/mol. The van der Waals surface area contributed by atoms with E-state index in [0.717, 1.165) is 25.9 Å². The number of benzene rings is 1. The summed E-state index contributed by atoms with van der Waals surface area (Å²) in [6, 6.07) is 6.61. The van der Waals surface area contributed by atoms with Gasteiger partial charge in [-0.15, -0.1) is 12.4 Å². The molecule has 2 N–H and O–H groups in total. The summed E-state index contributed by atoms with van der Waals surface area (Å²) in [5, 5.41) is 12.2. The number of nitrogens with zero attached hydrogens (tertiary/aromatic N) is 1. The number of aryl methyl sites for hydroxylation is 1. The Bertz CT molecular complexity index is 689. The largest absolute Gasteiger partial charge is 0.384 e.